The molecular weight excluding hydrogens is 232 g/mol. The average molecular weight is 244 g/mol. The van der Waals surface area contributed by atoms with Crippen molar-refractivity contribution in [2.24, 2.45) is 0 Å². The molecule has 2 aromatic carbocycles. The quantitative estimate of drug-likeness (QED) is 0.492. The first-order valence-corrected chi connectivity index (χ1v) is 5.42. The van der Waals surface area contributed by atoms with Crippen LogP contribution in [0.3, 0.4) is 0 Å². The number of non-ortho nitro benzene ring substituents is 1. The Hall–Kier alpha value is -2.56. The summed E-state index contributed by atoms with van der Waals surface area (Å²) in [5, 5.41) is 23.1. The molecule has 0 spiro atoms. The Balaban J connectivity index is 2.02. The van der Waals surface area contributed by atoms with Crippen molar-refractivity contribution < 1.29 is 10.0 Å². The number of anilines is 1. The number of aromatic hydroxyl groups is 1. The highest BCUT2D eigenvalue weighted by molar-refractivity contribution is 5.55. The number of nitrogens with zero attached hydrogens (tertiary/aromatic N) is 1. The second kappa shape index (κ2) is 5.18. The van der Waals surface area contributed by atoms with E-state index in [0.29, 0.717) is 12.2 Å². The number of nitrogens with one attached hydrogen (secondary N) is 1. The highest BCUT2D eigenvalue weighted by atomic mass is 16.6. The minimum absolute atomic E-state index is 0.0707. The molecule has 0 fully saturated rings. The minimum atomic E-state index is -0.430. The first-order chi connectivity index (χ1) is 8.66. The maximum atomic E-state index is 10.5. The lowest BCUT2D eigenvalue weighted by Crippen LogP contribution is -1.99. The Morgan fingerprint density at radius 1 is 1.11 bits per heavy atom. The molecule has 5 heteroatoms. The van der Waals surface area contributed by atoms with Crippen LogP contribution in [0, 0.1) is 10.1 Å². The smallest absolute Gasteiger partial charge is 0.269 e. The van der Waals surface area contributed by atoms with Crippen molar-refractivity contribution in [2.75, 3.05) is 5.32 Å². The van der Waals surface area contributed by atoms with Crippen molar-refractivity contribution in [1.29, 1.82) is 0 Å². The third kappa shape index (κ3) is 2.76. The average Bonchev–Trinajstić information content (AvgIpc) is 2.38. The molecule has 0 amide bonds. The summed E-state index contributed by atoms with van der Waals surface area (Å²) in [6, 6.07) is 13.2. The molecule has 0 heterocycles. The van der Waals surface area contributed by atoms with E-state index in [0.717, 1.165) is 5.56 Å². The van der Waals surface area contributed by atoms with Gasteiger partial charge in [0.05, 0.1) is 10.6 Å². The van der Waals surface area contributed by atoms with Gasteiger partial charge in [0.25, 0.3) is 5.69 Å². The summed E-state index contributed by atoms with van der Waals surface area (Å²) in [5.41, 5.74) is 1.61. The number of benzene rings is 2. The fourth-order valence-corrected chi connectivity index (χ4v) is 1.56. The van der Waals surface area contributed by atoms with Gasteiger partial charge in [0, 0.05) is 18.7 Å². The number of hydrogen-bond donors (Lipinski definition) is 2. The number of rotatable bonds is 4. The van der Waals surface area contributed by atoms with Crippen molar-refractivity contribution in [3.05, 3.63) is 64.2 Å². The van der Waals surface area contributed by atoms with Crippen molar-refractivity contribution in [1.82, 2.24) is 0 Å². The zero-order valence-electron chi connectivity index (χ0n) is 9.54. The standard InChI is InChI=1S/C13H12N2O3/c16-13-4-2-1-3-12(13)14-9-10-5-7-11(8-6-10)15(17)18/h1-8,14,16H,9H2. The van der Waals surface area contributed by atoms with Gasteiger partial charge in [0.2, 0.25) is 0 Å². The molecule has 0 aliphatic heterocycles. The van der Waals surface area contributed by atoms with Gasteiger partial charge in [-0.1, -0.05) is 24.3 Å². The number of phenolic OH excluding ortho intramolecular Hbond substituents is 1. The van der Waals surface area contributed by atoms with Gasteiger partial charge in [-0.2, -0.15) is 0 Å². The predicted octanol–water partition coefficient (Wildman–Crippen LogP) is 2.91. The van der Waals surface area contributed by atoms with E-state index in [4.69, 9.17) is 0 Å². The van der Waals surface area contributed by atoms with E-state index in [1.807, 2.05) is 6.07 Å². The van der Waals surface area contributed by atoms with E-state index < -0.39 is 4.92 Å². The van der Waals surface area contributed by atoms with Crippen LogP contribution in [0.15, 0.2) is 48.5 Å². The molecule has 0 saturated heterocycles. The van der Waals surface area contributed by atoms with E-state index in [2.05, 4.69) is 5.32 Å². The van der Waals surface area contributed by atoms with Crippen LogP contribution in [0.4, 0.5) is 11.4 Å². The van der Waals surface area contributed by atoms with Crippen LogP contribution in [0.5, 0.6) is 5.75 Å². The molecule has 0 aromatic heterocycles. The monoisotopic (exact) mass is 244 g/mol. The summed E-state index contributed by atoms with van der Waals surface area (Å²) in [6.07, 6.45) is 0. The molecule has 0 unspecified atom stereocenters. The first-order valence-electron chi connectivity index (χ1n) is 5.42. The molecule has 0 aliphatic rings. The summed E-state index contributed by atoms with van der Waals surface area (Å²) in [5.74, 6) is 0.180. The second-order valence-electron chi connectivity index (χ2n) is 3.79. The molecule has 92 valence electrons. The van der Waals surface area contributed by atoms with Gasteiger partial charge in [-0.3, -0.25) is 10.1 Å². The zero-order valence-corrected chi connectivity index (χ0v) is 9.54. The van der Waals surface area contributed by atoms with Crippen LogP contribution >= 0.6 is 0 Å². The summed E-state index contributed by atoms with van der Waals surface area (Å²) >= 11 is 0. The minimum Gasteiger partial charge on any atom is -0.506 e. The third-order valence-corrected chi connectivity index (χ3v) is 2.53. The topological polar surface area (TPSA) is 75.4 Å². The van der Waals surface area contributed by atoms with E-state index >= 15 is 0 Å². The molecule has 2 aromatic rings. The van der Waals surface area contributed by atoms with Gasteiger partial charge in [-0.25, -0.2) is 0 Å². The normalized spacial score (nSPS) is 10.0. The molecule has 0 saturated carbocycles. The SMILES string of the molecule is O=[N+]([O-])c1ccc(CNc2ccccc2O)cc1. The van der Waals surface area contributed by atoms with Gasteiger partial charge in [0.15, 0.2) is 0 Å². The predicted molar refractivity (Wildman–Crippen MR) is 68.5 cm³/mol. The van der Waals surface area contributed by atoms with Crippen LogP contribution < -0.4 is 5.32 Å². The number of nitro groups is 1. The maximum absolute atomic E-state index is 10.5. The van der Waals surface area contributed by atoms with Crippen LogP contribution in [0.2, 0.25) is 0 Å². The van der Waals surface area contributed by atoms with E-state index in [1.165, 1.54) is 12.1 Å². The summed E-state index contributed by atoms with van der Waals surface area (Å²) in [4.78, 5) is 10.1. The lowest BCUT2D eigenvalue weighted by atomic mass is 10.2. The van der Waals surface area contributed by atoms with Crippen molar-refractivity contribution in [3.8, 4) is 5.75 Å². The first kappa shape index (κ1) is 11.9. The highest BCUT2D eigenvalue weighted by Crippen LogP contribution is 2.22. The Kier molecular flexibility index (Phi) is 3.43. The molecule has 2 rings (SSSR count). The summed E-state index contributed by atoms with van der Waals surface area (Å²) < 4.78 is 0. The highest BCUT2D eigenvalue weighted by Gasteiger charge is 2.04. The van der Waals surface area contributed by atoms with Crippen LogP contribution in [-0.4, -0.2) is 10.0 Å². The lowest BCUT2D eigenvalue weighted by molar-refractivity contribution is -0.384. The van der Waals surface area contributed by atoms with Gasteiger partial charge in [0.1, 0.15) is 5.75 Å². The third-order valence-electron chi connectivity index (χ3n) is 2.53. The van der Waals surface area contributed by atoms with E-state index in [9.17, 15) is 15.2 Å². The molecule has 18 heavy (non-hydrogen) atoms. The molecule has 0 atom stereocenters. The van der Waals surface area contributed by atoms with Crippen LogP contribution in [0.25, 0.3) is 0 Å². The molecule has 5 nitrogen and oxygen atoms in total. The number of phenols is 1. The van der Waals surface area contributed by atoms with Crippen molar-refractivity contribution >= 4 is 11.4 Å². The van der Waals surface area contributed by atoms with Gasteiger partial charge in [-0.15, -0.1) is 0 Å². The van der Waals surface area contributed by atoms with Crippen molar-refractivity contribution in [2.45, 2.75) is 6.54 Å². The summed E-state index contributed by atoms with van der Waals surface area (Å²) in [6.45, 7) is 0.496. The zero-order chi connectivity index (χ0) is 13.0. The second-order valence-corrected chi connectivity index (χ2v) is 3.79. The Bertz CT molecular complexity index is 552. The fourth-order valence-electron chi connectivity index (χ4n) is 1.56. The molecule has 2 N–H and O–H groups in total. The molecular formula is C13H12N2O3. The van der Waals surface area contributed by atoms with Gasteiger partial charge >= 0.3 is 0 Å². The van der Waals surface area contributed by atoms with Gasteiger partial charge in [-0.05, 0) is 17.7 Å². The van der Waals surface area contributed by atoms with Gasteiger partial charge < -0.3 is 10.4 Å². The Labute approximate surface area is 104 Å². The van der Waals surface area contributed by atoms with E-state index in [1.54, 1.807) is 30.3 Å². The number of hydrogen-bond acceptors (Lipinski definition) is 4. The van der Waals surface area contributed by atoms with Crippen LogP contribution in [-0.2, 0) is 6.54 Å². The Morgan fingerprint density at radius 3 is 2.39 bits per heavy atom. The van der Waals surface area contributed by atoms with Crippen molar-refractivity contribution in [3.63, 3.8) is 0 Å². The molecule has 0 radical (unpaired) electrons. The largest absolute Gasteiger partial charge is 0.506 e. The fraction of sp³-hybridized carbons (Fsp3) is 0.0769. The lowest BCUT2D eigenvalue weighted by Gasteiger charge is -2.07. The summed E-state index contributed by atoms with van der Waals surface area (Å²) in [7, 11) is 0. The van der Waals surface area contributed by atoms with Crippen LogP contribution in [0.1, 0.15) is 5.56 Å². The number of para-hydroxylation sites is 2. The number of nitro benzene ring substituents is 1. The Morgan fingerprint density at radius 2 is 1.78 bits per heavy atom. The molecule has 0 aliphatic carbocycles. The maximum Gasteiger partial charge on any atom is 0.269 e. The van der Waals surface area contributed by atoms with E-state index in [-0.39, 0.29) is 11.4 Å². The molecule has 0 bridgehead atoms.